The van der Waals surface area contributed by atoms with Crippen LogP contribution in [0.1, 0.15) is 12.8 Å². The molecular formula is C20H21N3O2S. The molecule has 1 aliphatic rings. The molecule has 4 rings (SSSR count). The second-order valence-electron chi connectivity index (χ2n) is 6.32. The van der Waals surface area contributed by atoms with Crippen LogP contribution < -0.4 is 10.1 Å². The summed E-state index contributed by atoms with van der Waals surface area (Å²) in [5.74, 6) is 1.69. The van der Waals surface area contributed by atoms with Gasteiger partial charge in [0.05, 0.1) is 17.6 Å². The number of hydrogen-bond donors (Lipinski definition) is 1. The van der Waals surface area contributed by atoms with Gasteiger partial charge in [-0.05, 0) is 37.1 Å². The van der Waals surface area contributed by atoms with Crippen molar-refractivity contribution < 1.29 is 9.53 Å². The normalized spacial score (nSPS) is 13.7. The van der Waals surface area contributed by atoms with E-state index in [1.807, 2.05) is 59.2 Å². The lowest BCUT2D eigenvalue weighted by atomic mass is 10.3. The van der Waals surface area contributed by atoms with E-state index in [-0.39, 0.29) is 5.91 Å². The highest BCUT2D eigenvalue weighted by Crippen LogP contribution is 2.25. The van der Waals surface area contributed by atoms with E-state index in [0.717, 1.165) is 40.5 Å². The Morgan fingerprint density at radius 3 is 2.73 bits per heavy atom. The van der Waals surface area contributed by atoms with Crippen molar-refractivity contribution in [2.45, 2.75) is 30.6 Å². The third-order valence-corrected chi connectivity index (χ3v) is 5.13. The third-order valence-electron chi connectivity index (χ3n) is 4.19. The van der Waals surface area contributed by atoms with Gasteiger partial charge in [-0.2, -0.15) is 0 Å². The predicted octanol–water partition coefficient (Wildman–Crippen LogP) is 3.49. The molecule has 26 heavy (non-hydrogen) atoms. The first-order chi connectivity index (χ1) is 12.8. The van der Waals surface area contributed by atoms with E-state index < -0.39 is 0 Å². The van der Waals surface area contributed by atoms with Crippen molar-refractivity contribution in [3.63, 3.8) is 0 Å². The van der Waals surface area contributed by atoms with Crippen LogP contribution in [0.3, 0.4) is 0 Å². The number of nitrogens with one attached hydrogen (secondary N) is 1. The molecule has 0 bridgehead atoms. The molecule has 1 aliphatic carbocycles. The molecular weight excluding hydrogens is 346 g/mol. The van der Waals surface area contributed by atoms with Gasteiger partial charge in [0.1, 0.15) is 12.3 Å². The number of benzene rings is 2. The van der Waals surface area contributed by atoms with Crippen molar-refractivity contribution in [3.05, 3.63) is 54.6 Å². The molecule has 6 heteroatoms. The molecule has 1 heterocycles. The fraction of sp³-hybridized carbons (Fsp3) is 0.300. The molecule has 0 radical (unpaired) electrons. The summed E-state index contributed by atoms with van der Waals surface area (Å²) in [5.41, 5.74) is 1.91. The Morgan fingerprint density at radius 2 is 1.92 bits per heavy atom. The van der Waals surface area contributed by atoms with Gasteiger partial charge in [0.15, 0.2) is 5.16 Å². The zero-order valence-corrected chi connectivity index (χ0v) is 15.2. The van der Waals surface area contributed by atoms with Crippen LogP contribution in [-0.4, -0.2) is 33.9 Å². The van der Waals surface area contributed by atoms with Gasteiger partial charge in [0.2, 0.25) is 5.91 Å². The second-order valence-corrected chi connectivity index (χ2v) is 7.38. The number of nitrogens with zero attached hydrogens (tertiary/aromatic N) is 2. The zero-order chi connectivity index (χ0) is 17.8. The number of amides is 1. The summed E-state index contributed by atoms with van der Waals surface area (Å²) < 4.78 is 7.75. The smallest absolute Gasteiger partial charge is 0.240 e. The Hall–Kier alpha value is -2.47. The lowest BCUT2D eigenvalue weighted by molar-refractivity contribution is -0.121. The first kappa shape index (κ1) is 17.0. The molecule has 5 nitrogen and oxygen atoms in total. The summed E-state index contributed by atoms with van der Waals surface area (Å²) in [5, 5.41) is 3.91. The number of imidazole rings is 1. The largest absolute Gasteiger partial charge is 0.493 e. The first-order valence-corrected chi connectivity index (χ1v) is 9.83. The number of ether oxygens (including phenoxy) is 1. The number of hydrogen-bond acceptors (Lipinski definition) is 4. The van der Waals surface area contributed by atoms with Crippen LogP contribution in [0.4, 0.5) is 0 Å². The minimum absolute atomic E-state index is 0.0537. The van der Waals surface area contributed by atoms with Crippen LogP contribution in [0.2, 0.25) is 0 Å². The quantitative estimate of drug-likeness (QED) is 0.489. The molecule has 1 fully saturated rings. The fourth-order valence-corrected chi connectivity index (χ4v) is 3.60. The van der Waals surface area contributed by atoms with E-state index in [2.05, 4.69) is 5.32 Å². The van der Waals surface area contributed by atoms with Crippen molar-refractivity contribution in [1.82, 2.24) is 14.9 Å². The number of aromatic nitrogens is 2. The number of fused-ring (bicyclic) bond motifs is 1. The first-order valence-electron chi connectivity index (χ1n) is 8.85. The summed E-state index contributed by atoms with van der Waals surface area (Å²) in [4.78, 5) is 17.0. The second kappa shape index (κ2) is 7.83. The van der Waals surface area contributed by atoms with E-state index in [1.165, 1.54) is 0 Å². The molecule has 0 unspecified atom stereocenters. The zero-order valence-electron chi connectivity index (χ0n) is 14.4. The molecule has 0 spiro atoms. The highest BCUT2D eigenvalue weighted by molar-refractivity contribution is 7.99. The lowest BCUT2D eigenvalue weighted by Gasteiger charge is -2.10. The summed E-state index contributed by atoms with van der Waals surface area (Å²) >= 11 is 1.62. The fourth-order valence-electron chi connectivity index (χ4n) is 2.77. The highest BCUT2D eigenvalue weighted by Gasteiger charge is 2.24. The molecule has 2 aromatic carbocycles. The molecule has 1 amide bonds. The molecule has 1 aromatic heterocycles. The lowest BCUT2D eigenvalue weighted by Crippen LogP contribution is -2.29. The van der Waals surface area contributed by atoms with Gasteiger partial charge in [-0.1, -0.05) is 42.1 Å². The summed E-state index contributed by atoms with van der Waals surface area (Å²) in [6, 6.07) is 18.1. The average Bonchev–Trinajstić information content (AvgIpc) is 3.41. The standard InChI is InChI=1S/C20H21N3O2S/c24-19(21-15-10-11-15)14-23-18-9-5-4-8-17(18)22-20(23)26-13-12-25-16-6-2-1-3-7-16/h1-9,15H,10-14H2,(H,21,24). The molecule has 134 valence electrons. The number of carbonyl (C=O) groups excluding carboxylic acids is 1. The van der Waals surface area contributed by atoms with Gasteiger partial charge < -0.3 is 14.6 Å². The van der Waals surface area contributed by atoms with Crippen LogP contribution in [0.25, 0.3) is 11.0 Å². The van der Waals surface area contributed by atoms with E-state index >= 15 is 0 Å². The summed E-state index contributed by atoms with van der Waals surface area (Å²) in [6.07, 6.45) is 2.18. The van der Waals surface area contributed by atoms with E-state index in [1.54, 1.807) is 11.8 Å². The third kappa shape index (κ3) is 4.19. The number of para-hydroxylation sites is 3. The average molecular weight is 367 g/mol. The SMILES string of the molecule is O=C(Cn1c(SCCOc2ccccc2)nc2ccccc21)NC1CC1. The van der Waals surface area contributed by atoms with Crippen LogP contribution in [0.5, 0.6) is 5.75 Å². The number of carbonyl (C=O) groups is 1. The molecule has 1 saturated carbocycles. The molecule has 0 aliphatic heterocycles. The highest BCUT2D eigenvalue weighted by atomic mass is 32.2. The predicted molar refractivity (Wildman–Crippen MR) is 104 cm³/mol. The van der Waals surface area contributed by atoms with Gasteiger partial charge in [-0.25, -0.2) is 4.98 Å². The minimum atomic E-state index is 0.0537. The van der Waals surface area contributed by atoms with Crippen molar-refractivity contribution >= 4 is 28.7 Å². The van der Waals surface area contributed by atoms with Crippen LogP contribution >= 0.6 is 11.8 Å². The van der Waals surface area contributed by atoms with E-state index in [0.29, 0.717) is 19.2 Å². The summed E-state index contributed by atoms with van der Waals surface area (Å²) in [7, 11) is 0. The number of rotatable bonds is 8. The Morgan fingerprint density at radius 1 is 1.15 bits per heavy atom. The maximum absolute atomic E-state index is 12.3. The van der Waals surface area contributed by atoms with Crippen molar-refractivity contribution in [1.29, 1.82) is 0 Å². The van der Waals surface area contributed by atoms with Crippen LogP contribution in [0.15, 0.2) is 59.8 Å². The van der Waals surface area contributed by atoms with Gasteiger partial charge in [-0.3, -0.25) is 4.79 Å². The Bertz CT molecular complexity index is 890. The Balaban J connectivity index is 1.43. The summed E-state index contributed by atoms with van der Waals surface area (Å²) in [6.45, 7) is 0.894. The van der Waals surface area contributed by atoms with Gasteiger partial charge in [0, 0.05) is 11.8 Å². The number of thioether (sulfide) groups is 1. The van der Waals surface area contributed by atoms with Gasteiger partial charge in [-0.15, -0.1) is 0 Å². The maximum atomic E-state index is 12.3. The topological polar surface area (TPSA) is 56.2 Å². The van der Waals surface area contributed by atoms with Crippen LogP contribution in [0, 0.1) is 0 Å². The molecule has 3 aromatic rings. The van der Waals surface area contributed by atoms with Gasteiger partial charge >= 0.3 is 0 Å². The minimum Gasteiger partial charge on any atom is -0.493 e. The van der Waals surface area contributed by atoms with E-state index in [4.69, 9.17) is 9.72 Å². The van der Waals surface area contributed by atoms with Crippen molar-refractivity contribution in [3.8, 4) is 5.75 Å². The van der Waals surface area contributed by atoms with Crippen molar-refractivity contribution in [2.24, 2.45) is 0 Å². The maximum Gasteiger partial charge on any atom is 0.240 e. The Kier molecular flexibility index (Phi) is 5.11. The molecule has 1 N–H and O–H groups in total. The monoisotopic (exact) mass is 367 g/mol. The van der Waals surface area contributed by atoms with Gasteiger partial charge in [0.25, 0.3) is 0 Å². The van der Waals surface area contributed by atoms with Crippen LogP contribution in [-0.2, 0) is 11.3 Å². The van der Waals surface area contributed by atoms with E-state index in [9.17, 15) is 4.79 Å². The molecule has 0 saturated heterocycles. The van der Waals surface area contributed by atoms with Crippen molar-refractivity contribution in [2.75, 3.05) is 12.4 Å². The molecule has 0 atom stereocenters. The Labute approximate surface area is 156 Å².